The molecule has 1 atom stereocenters. The summed E-state index contributed by atoms with van der Waals surface area (Å²) < 4.78 is 10.7. The Morgan fingerprint density at radius 3 is 2.74 bits per heavy atom. The van der Waals surface area contributed by atoms with Crippen LogP contribution < -0.4 is 4.74 Å². The number of carbonyl (C=O) groups is 1. The second-order valence-electron chi connectivity index (χ2n) is 4.61. The zero-order valence-corrected chi connectivity index (χ0v) is 11.5. The lowest BCUT2D eigenvalue weighted by Gasteiger charge is -2.16. The molecule has 0 spiro atoms. The molecule has 19 heavy (non-hydrogen) atoms. The van der Waals surface area contributed by atoms with E-state index in [-0.39, 0.29) is 12.2 Å². The van der Waals surface area contributed by atoms with E-state index in [4.69, 9.17) is 9.47 Å². The molecule has 2 heterocycles. The first-order valence-electron chi connectivity index (χ1n) is 6.49. The third kappa shape index (κ3) is 3.56. The fourth-order valence-corrected chi connectivity index (χ4v) is 2.10. The molecule has 0 aromatic carbocycles. The Labute approximate surface area is 112 Å². The highest BCUT2D eigenvalue weighted by atomic mass is 16.6. The summed E-state index contributed by atoms with van der Waals surface area (Å²) in [6, 6.07) is 2.28. The maximum absolute atomic E-state index is 11.6. The monoisotopic (exact) mass is 265 g/mol. The van der Waals surface area contributed by atoms with Crippen molar-refractivity contribution in [2.24, 2.45) is 0 Å². The van der Waals surface area contributed by atoms with E-state index in [1.165, 1.54) is 0 Å². The summed E-state index contributed by atoms with van der Waals surface area (Å²) in [4.78, 5) is 21.7. The van der Waals surface area contributed by atoms with Gasteiger partial charge in [-0.05, 0) is 26.8 Å². The Hall–Kier alpha value is -1.85. The molecular formula is C13H19N3O3. The van der Waals surface area contributed by atoms with Crippen molar-refractivity contribution in [1.29, 1.82) is 0 Å². The first-order valence-corrected chi connectivity index (χ1v) is 6.49. The molecule has 0 aliphatic carbocycles. The molecule has 1 saturated heterocycles. The van der Waals surface area contributed by atoms with Crippen molar-refractivity contribution in [2.45, 2.75) is 33.3 Å². The Balaban J connectivity index is 1.93. The number of amides is 1. The van der Waals surface area contributed by atoms with Crippen molar-refractivity contribution in [3.63, 3.8) is 0 Å². The van der Waals surface area contributed by atoms with Crippen molar-refractivity contribution >= 4 is 6.09 Å². The number of nitrogens with zero attached hydrogens (tertiary/aromatic N) is 3. The van der Waals surface area contributed by atoms with Crippen LogP contribution in [0.5, 0.6) is 6.01 Å². The zero-order valence-electron chi connectivity index (χ0n) is 11.5. The number of hydrogen-bond acceptors (Lipinski definition) is 5. The van der Waals surface area contributed by atoms with Gasteiger partial charge < -0.3 is 14.4 Å². The van der Waals surface area contributed by atoms with Crippen LogP contribution in [0, 0.1) is 13.8 Å². The number of hydrogen-bond donors (Lipinski definition) is 0. The molecular weight excluding hydrogens is 246 g/mol. The second kappa shape index (κ2) is 5.86. The lowest BCUT2D eigenvalue weighted by molar-refractivity contribution is 0.109. The summed E-state index contributed by atoms with van der Waals surface area (Å²) in [6.07, 6.45) is 0.426. The van der Waals surface area contributed by atoms with E-state index < -0.39 is 0 Å². The van der Waals surface area contributed by atoms with E-state index in [1.54, 1.807) is 11.8 Å². The van der Waals surface area contributed by atoms with Gasteiger partial charge in [-0.15, -0.1) is 0 Å². The number of aryl methyl sites for hydroxylation is 2. The van der Waals surface area contributed by atoms with Crippen LogP contribution in [0.4, 0.5) is 4.79 Å². The summed E-state index contributed by atoms with van der Waals surface area (Å²) in [6.45, 7) is 7.16. The Morgan fingerprint density at radius 1 is 1.42 bits per heavy atom. The molecule has 0 N–H and O–H groups in total. The highest BCUT2D eigenvalue weighted by Gasteiger charge is 2.29. The molecule has 1 aliphatic heterocycles. The highest BCUT2D eigenvalue weighted by Crippen LogP contribution is 2.16. The molecule has 6 nitrogen and oxygen atoms in total. The van der Waals surface area contributed by atoms with Crippen LogP contribution in [0.15, 0.2) is 6.07 Å². The SMILES string of the molecule is CCOC(=O)N1CC[C@H](Oc2nc(C)cc(C)n2)C1. The van der Waals surface area contributed by atoms with Crippen LogP contribution >= 0.6 is 0 Å². The average Bonchev–Trinajstić information content (AvgIpc) is 2.76. The molecule has 0 unspecified atom stereocenters. The van der Waals surface area contributed by atoms with Crippen LogP contribution in [0.3, 0.4) is 0 Å². The maximum Gasteiger partial charge on any atom is 0.409 e. The zero-order chi connectivity index (χ0) is 13.8. The van der Waals surface area contributed by atoms with Gasteiger partial charge in [0.05, 0.1) is 13.2 Å². The van der Waals surface area contributed by atoms with Crippen LogP contribution in [-0.2, 0) is 4.74 Å². The first-order chi connectivity index (χ1) is 9.08. The van der Waals surface area contributed by atoms with Crippen LogP contribution in [0.25, 0.3) is 0 Å². The standard InChI is InChI=1S/C13H19N3O3/c1-4-18-13(17)16-6-5-11(8-16)19-12-14-9(2)7-10(3)15-12/h7,11H,4-6,8H2,1-3H3/t11-/m0/s1. The fraction of sp³-hybridized carbons (Fsp3) is 0.615. The summed E-state index contributed by atoms with van der Waals surface area (Å²) >= 11 is 0. The molecule has 0 radical (unpaired) electrons. The van der Waals surface area contributed by atoms with Gasteiger partial charge in [-0.2, -0.15) is 0 Å². The molecule has 1 aliphatic rings. The number of likely N-dealkylation sites (tertiary alicyclic amines) is 1. The fourth-order valence-electron chi connectivity index (χ4n) is 2.10. The van der Waals surface area contributed by atoms with E-state index in [2.05, 4.69) is 9.97 Å². The quantitative estimate of drug-likeness (QED) is 0.832. The van der Waals surface area contributed by atoms with Gasteiger partial charge in [0.2, 0.25) is 0 Å². The van der Waals surface area contributed by atoms with E-state index in [1.807, 2.05) is 19.9 Å². The predicted molar refractivity (Wildman–Crippen MR) is 69.1 cm³/mol. The number of ether oxygens (including phenoxy) is 2. The van der Waals surface area contributed by atoms with E-state index >= 15 is 0 Å². The predicted octanol–water partition coefficient (Wildman–Crippen LogP) is 1.70. The molecule has 1 fully saturated rings. The number of carbonyl (C=O) groups excluding carboxylic acids is 1. The highest BCUT2D eigenvalue weighted by molar-refractivity contribution is 5.67. The number of aromatic nitrogens is 2. The van der Waals surface area contributed by atoms with Gasteiger partial charge in [-0.1, -0.05) is 0 Å². The third-order valence-corrected chi connectivity index (χ3v) is 2.90. The van der Waals surface area contributed by atoms with Gasteiger partial charge in [0.1, 0.15) is 6.10 Å². The molecule has 1 aromatic heterocycles. The van der Waals surface area contributed by atoms with Crippen molar-refractivity contribution < 1.29 is 14.3 Å². The van der Waals surface area contributed by atoms with Crippen LogP contribution in [0.2, 0.25) is 0 Å². The van der Waals surface area contributed by atoms with Crippen LogP contribution in [-0.4, -0.2) is 46.8 Å². The molecule has 6 heteroatoms. The minimum atomic E-state index is -0.282. The summed E-state index contributed by atoms with van der Waals surface area (Å²) in [5.74, 6) is 0. The van der Waals surface area contributed by atoms with Gasteiger partial charge in [-0.3, -0.25) is 0 Å². The summed E-state index contributed by atoms with van der Waals surface area (Å²) in [5, 5.41) is 0. The topological polar surface area (TPSA) is 64.5 Å². The normalized spacial score (nSPS) is 18.5. The lowest BCUT2D eigenvalue weighted by Crippen LogP contribution is -2.31. The molecule has 1 amide bonds. The molecule has 0 saturated carbocycles. The smallest absolute Gasteiger partial charge is 0.409 e. The average molecular weight is 265 g/mol. The Kier molecular flexibility index (Phi) is 4.19. The molecule has 104 valence electrons. The molecule has 2 rings (SSSR count). The summed E-state index contributed by atoms with van der Waals surface area (Å²) in [5.41, 5.74) is 1.76. The van der Waals surface area contributed by atoms with Crippen molar-refractivity contribution in [2.75, 3.05) is 19.7 Å². The molecule has 0 bridgehead atoms. The largest absolute Gasteiger partial charge is 0.458 e. The van der Waals surface area contributed by atoms with E-state index in [0.717, 1.165) is 17.8 Å². The minimum absolute atomic E-state index is 0.0643. The minimum Gasteiger partial charge on any atom is -0.458 e. The van der Waals surface area contributed by atoms with E-state index in [0.29, 0.717) is 25.7 Å². The molecule has 1 aromatic rings. The maximum atomic E-state index is 11.6. The second-order valence-corrected chi connectivity index (χ2v) is 4.61. The van der Waals surface area contributed by atoms with Crippen LogP contribution in [0.1, 0.15) is 24.7 Å². The van der Waals surface area contributed by atoms with Gasteiger partial charge in [-0.25, -0.2) is 14.8 Å². The number of rotatable bonds is 3. The lowest BCUT2D eigenvalue weighted by atomic mass is 10.3. The third-order valence-electron chi connectivity index (χ3n) is 2.90. The summed E-state index contributed by atoms with van der Waals surface area (Å²) in [7, 11) is 0. The van der Waals surface area contributed by atoms with Gasteiger partial charge in [0, 0.05) is 24.4 Å². The first kappa shape index (κ1) is 13.6. The van der Waals surface area contributed by atoms with Gasteiger partial charge >= 0.3 is 12.1 Å². The van der Waals surface area contributed by atoms with Gasteiger partial charge in [0.15, 0.2) is 0 Å². The Bertz CT molecular complexity index is 444. The van der Waals surface area contributed by atoms with Gasteiger partial charge in [0.25, 0.3) is 0 Å². The Morgan fingerprint density at radius 2 is 2.11 bits per heavy atom. The van der Waals surface area contributed by atoms with Crippen molar-refractivity contribution in [3.05, 3.63) is 17.5 Å². The van der Waals surface area contributed by atoms with Crippen molar-refractivity contribution in [1.82, 2.24) is 14.9 Å². The van der Waals surface area contributed by atoms with Crippen molar-refractivity contribution in [3.8, 4) is 6.01 Å². The van der Waals surface area contributed by atoms with E-state index in [9.17, 15) is 4.79 Å².